The summed E-state index contributed by atoms with van der Waals surface area (Å²) in [5, 5.41) is 9.20. The number of nitrogens with one attached hydrogen (secondary N) is 2. The first-order valence-electron chi connectivity index (χ1n) is 8.90. The zero-order valence-corrected chi connectivity index (χ0v) is 15.6. The predicted octanol–water partition coefficient (Wildman–Crippen LogP) is 3.73. The molecule has 2 aromatic heterocycles. The van der Waals surface area contributed by atoms with Crippen LogP contribution < -0.4 is 10.7 Å². The molecule has 3 aromatic rings. The van der Waals surface area contributed by atoms with Crippen molar-refractivity contribution < 1.29 is 4.39 Å². The molecule has 0 saturated carbocycles. The number of aromatic nitrogens is 3. The van der Waals surface area contributed by atoms with E-state index in [-0.39, 0.29) is 11.9 Å². The second-order valence-corrected chi connectivity index (χ2v) is 6.78. The molecule has 0 aliphatic carbocycles. The molecular weight excluding hydrogens is 355 g/mol. The molecule has 1 aromatic carbocycles. The summed E-state index contributed by atoms with van der Waals surface area (Å²) in [6.07, 6.45) is 7.12. The van der Waals surface area contributed by atoms with Crippen molar-refractivity contribution >= 4 is 11.3 Å². The van der Waals surface area contributed by atoms with Gasteiger partial charge in [-0.2, -0.15) is 5.10 Å². The van der Waals surface area contributed by atoms with Crippen LogP contribution in [0.3, 0.4) is 0 Å². The molecule has 142 valence electrons. The first kappa shape index (κ1) is 17.9. The summed E-state index contributed by atoms with van der Waals surface area (Å²) >= 11 is 0. The number of hydrogen-bond donors (Lipinski definition) is 2. The van der Waals surface area contributed by atoms with Gasteiger partial charge in [0, 0.05) is 34.9 Å². The SMILES string of the molecule is C=C(CN1NC(c2ccc(C)cc2F)C=CC1=C)Nc1ccn2ncnc2c1. The van der Waals surface area contributed by atoms with Gasteiger partial charge in [-0.15, -0.1) is 0 Å². The fourth-order valence-electron chi connectivity index (χ4n) is 3.12. The third kappa shape index (κ3) is 3.65. The first-order valence-corrected chi connectivity index (χ1v) is 8.90. The molecule has 4 rings (SSSR count). The number of allylic oxidation sites excluding steroid dienone is 1. The number of pyridine rings is 1. The van der Waals surface area contributed by atoms with Crippen LogP contribution in [-0.4, -0.2) is 26.2 Å². The van der Waals surface area contributed by atoms with Gasteiger partial charge in [-0.25, -0.2) is 19.3 Å². The fourth-order valence-corrected chi connectivity index (χ4v) is 3.12. The van der Waals surface area contributed by atoms with Crippen molar-refractivity contribution in [3.05, 3.63) is 96.5 Å². The number of benzene rings is 1. The van der Waals surface area contributed by atoms with Gasteiger partial charge in [0.1, 0.15) is 12.1 Å². The quantitative estimate of drug-likeness (QED) is 0.711. The van der Waals surface area contributed by atoms with Crippen LogP contribution in [-0.2, 0) is 0 Å². The highest BCUT2D eigenvalue weighted by Gasteiger charge is 2.21. The van der Waals surface area contributed by atoms with Gasteiger partial charge in [0.05, 0.1) is 12.6 Å². The Hall–Kier alpha value is -3.45. The Balaban J connectivity index is 1.45. The lowest BCUT2D eigenvalue weighted by atomic mass is 10.0. The van der Waals surface area contributed by atoms with Gasteiger partial charge < -0.3 is 10.3 Å². The summed E-state index contributed by atoms with van der Waals surface area (Å²) in [7, 11) is 0. The Morgan fingerprint density at radius 2 is 2.18 bits per heavy atom. The Morgan fingerprint density at radius 3 is 3.00 bits per heavy atom. The van der Waals surface area contributed by atoms with E-state index in [2.05, 4.69) is 34.0 Å². The number of halogens is 1. The minimum atomic E-state index is -0.272. The summed E-state index contributed by atoms with van der Waals surface area (Å²) in [5.74, 6) is -0.229. The monoisotopic (exact) mass is 376 g/mol. The van der Waals surface area contributed by atoms with Gasteiger partial charge >= 0.3 is 0 Å². The van der Waals surface area contributed by atoms with Crippen LogP contribution in [0.5, 0.6) is 0 Å². The number of hydrazine groups is 1. The van der Waals surface area contributed by atoms with Crippen molar-refractivity contribution in [1.82, 2.24) is 25.0 Å². The molecule has 0 amide bonds. The van der Waals surface area contributed by atoms with Crippen molar-refractivity contribution in [1.29, 1.82) is 0 Å². The Kier molecular flexibility index (Phi) is 4.67. The minimum Gasteiger partial charge on any atom is -0.358 e. The lowest BCUT2D eigenvalue weighted by Gasteiger charge is -2.34. The molecule has 1 aliphatic heterocycles. The van der Waals surface area contributed by atoms with Crippen LogP contribution in [0.25, 0.3) is 5.65 Å². The van der Waals surface area contributed by atoms with E-state index < -0.39 is 0 Å². The topological polar surface area (TPSA) is 57.5 Å². The van der Waals surface area contributed by atoms with Gasteiger partial charge in [-0.3, -0.25) is 0 Å². The minimum absolute atomic E-state index is 0.229. The highest BCUT2D eigenvalue weighted by atomic mass is 19.1. The maximum atomic E-state index is 14.4. The molecule has 0 spiro atoms. The summed E-state index contributed by atoms with van der Waals surface area (Å²) in [6.45, 7) is 10.5. The van der Waals surface area contributed by atoms with Crippen molar-refractivity contribution in [2.24, 2.45) is 0 Å². The highest BCUT2D eigenvalue weighted by molar-refractivity contribution is 5.56. The van der Waals surface area contributed by atoms with E-state index in [0.29, 0.717) is 12.1 Å². The zero-order chi connectivity index (χ0) is 19.7. The van der Waals surface area contributed by atoms with Crippen LogP contribution >= 0.6 is 0 Å². The van der Waals surface area contributed by atoms with E-state index in [0.717, 1.165) is 28.3 Å². The molecular formula is C21H21FN6. The second-order valence-electron chi connectivity index (χ2n) is 6.78. The fraction of sp³-hybridized carbons (Fsp3) is 0.143. The maximum absolute atomic E-state index is 14.4. The van der Waals surface area contributed by atoms with Crippen LogP contribution in [0.15, 0.2) is 79.6 Å². The molecule has 1 atom stereocenters. The zero-order valence-electron chi connectivity index (χ0n) is 15.6. The van der Waals surface area contributed by atoms with Gasteiger partial charge in [-0.1, -0.05) is 31.4 Å². The normalized spacial score (nSPS) is 16.6. The van der Waals surface area contributed by atoms with E-state index in [9.17, 15) is 4.39 Å². The van der Waals surface area contributed by atoms with E-state index in [1.807, 2.05) is 48.5 Å². The van der Waals surface area contributed by atoms with E-state index in [1.165, 1.54) is 6.33 Å². The molecule has 28 heavy (non-hydrogen) atoms. The molecule has 0 radical (unpaired) electrons. The standard InChI is InChI=1S/C21H21FN6/c1-14-4-6-18(19(22)10-14)20-7-5-16(3)28(26-20)12-15(2)25-17-8-9-27-21(11-17)23-13-24-27/h4-11,13,20,25-26H,2-3,12H2,1H3. The van der Waals surface area contributed by atoms with Gasteiger partial charge in [0.15, 0.2) is 5.65 Å². The van der Waals surface area contributed by atoms with E-state index in [1.54, 1.807) is 16.6 Å². The Bertz CT molecular complexity index is 1080. The van der Waals surface area contributed by atoms with Crippen molar-refractivity contribution in [2.75, 3.05) is 11.9 Å². The smallest absolute Gasteiger partial charge is 0.157 e. The maximum Gasteiger partial charge on any atom is 0.157 e. The molecule has 3 heterocycles. The number of nitrogens with zero attached hydrogens (tertiary/aromatic N) is 4. The summed E-state index contributed by atoms with van der Waals surface area (Å²) < 4.78 is 16.0. The molecule has 6 nitrogen and oxygen atoms in total. The van der Waals surface area contributed by atoms with Crippen molar-refractivity contribution in [3.8, 4) is 0 Å². The first-order chi connectivity index (χ1) is 13.5. The molecule has 0 bridgehead atoms. The predicted molar refractivity (Wildman–Crippen MR) is 108 cm³/mol. The van der Waals surface area contributed by atoms with E-state index >= 15 is 0 Å². The highest BCUT2D eigenvalue weighted by Crippen LogP contribution is 2.25. The number of anilines is 1. The van der Waals surface area contributed by atoms with Gasteiger partial charge in [-0.05, 0) is 30.7 Å². The van der Waals surface area contributed by atoms with Crippen molar-refractivity contribution in [2.45, 2.75) is 13.0 Å². The van der Waals surface area contributed by atoms with Gasteiger partial charge in [0.25, 0.3) is 0 Å². The van der Waals surface area contributed by atoms with E-state index in [4.69, 9.17) is 0 Å². The lowest BCUT2D eigenvalue weighted by Crippen LogP contribution is -2.43. The number of rotatable bonds is 5. The number of fused-ring (bicyclic) bond motifs is 1. The van der Waals surface area contributed by atoms with Crippen LogP contribution in [0.4, 0.5) is 10.1 Å². The van der Waals surface area contributed by atoms with Crippen molar-refractivity contribution in [3.63, 3.8) is 0 Å². The average Bonchev–Trinajstić information content (AvgIpc) is 3.11. The number of hydrogen-bond acceptors (Lipinski definition) is 5. The second kappa shape index (κ2) is 7.28. The van der Waals surface area contributed by atoms with Crippen LogP contribution in [0, 0.1) is 12.7 Å². The molecule has 2 N–H and O–H groups in total. The summed E-state index contributed by atoms with van der Waals surface area (Å²) in [6, 6.07) is 8.77. The van der Waals surface area contributed by atoms with Gasteiger partial charge in [0.2, 0.25) is 0 Å². The average molecular weight is 376 g/mol. The number of aryl methyl sites for hydroxylation is 1. The largest absolute Gasteiger partial charge is 0.358 e. The molecule has 7 heteroatoms. The summed E-state index contributed by atoms with van der Waals surface area (Å²) in [5.41, 5.74) is 7.94. The molecule has 1 aliphatic rings. The summed E-state index contributed by atoms with van der Waals surface area (Å²) in [4.78, 5) is 4.17. The third-order valence-corrected chi connectivity index (χ3v) is 4.56. The Labute approximate surface area is 162 Å². The van der Waals surface area contributed by atoms with Crippen LogP contribution in [0.2, 0.25) is 0 Å². The van der Waals surface area contributed by atoms with Crippen LogP contribution in [0.1, 0.15) is 17.2 Å². The lowest BCUT2D eigenvalue weighted by molar-refractivity contribution is 0.239. The molecule has 0 saturated heterocycles. The molecule has 0 fully saturated rings. The third-order valence-electron chi connectivity index (χ3n) is 4.56. The Morgan fingerprint density at radius 1 is 1.32 bits per heavy atom. The molecule has 1 unspecified atom stereocenters.